The van der Waals surface area contributed by atoms with Crippen molar-refractivity contribution in [1.82, 2.24) is 14.9 Å². The molecule has 1 aliphatic carbocycles. The molecule has 0 bridgehead atoms. The smallest absolute Gasteiger partial charge is 0.366 e. The van der Waals surface area contributed by atoms with E-state index in [2.05, 4.69) is 27.0 Å². The maximum atomic E-state index is 13.8. The number of aliphatic carboxylic acids is 1. The minimum atomic E-state index is -1.67. The number of hydrogen-bond acceptors (Lipinski definition) is 4. The molecular formula is C37H34N4O5. The number of amides is 2. The number of aromatic amines is 1. The first-order valence-corrected chi connectivity index (χ1v) is 15.5. The van der Waals surface area contributed by atoms with Crippen molar-refractivity contribution in [3.8, 4) is 5.75 Å². The minimum absolute atomic E-state index is 0.247. The fourth-order valence-corrected chi connectivity index (χ4v) is 6.98. The Labute approximate surface area is 265 Å². The van der Waals surface area contributed by atoms with Gasteiger partial charge in [-0.25, -0.2) is 4.79 Å². The van der Waals surface area contributed by atoms with Crippen LogP contribution in [0.15, 0.2) is 84.9 Å². The number of carbonyl (C=O) groups is 3. The summed E-state index contributed by atoms with van der Waals surface area (Å²) < 4.78 is 8.31. The van der Waals surface area contributed by atoms with E-state index in [0.29, 0.717) is 29.3 Å². The zero-order chi connectivity index (χ0) is 31.9. The van der Waals surface area contributed by atoms with E-state index in [4.69, 9.17) is 10.5 Å². The molecule has 1 aliphatic rings. The van der Waals surface area contributed by atoms with Gasteiger partial charge in [0.1, 0.15) is 5.75 Å². The molecule has 2 unspecified atom stereocenters. The van der Waals surface area contributed by atoms with Crippen LogP contribution in [0.5, 0.6) is 5.75 Å². The van der Waals surface area contributed by atoms with Crippen LogP contribution in [0, 0.1) is 6.92 Å². The summed E-state index contributed by atoms with van der Waals surface area (Å²) in [5.41, 5.74) is 12.6. The molecule has 2 aromatic heterocycles. The molecule has 7 rings (SSSR count). The Bertz CT molecular complexity index is 2150. The second-order valence-corrected chi connectivity index (χ2v) is 12.0. The van der Waals surface area contributed by atoms with Crippen LogP contribution in [0.4, 0.5) is 0 Å². The highest BCUT2D eigenvalue weighted by atomic mass is 16.5. The molecule has 232 valence electrons. The Hall–Kier alpha value is -5.57. The molecule has 0 saturated heterocycles. The number of fused-ring (bicyclic) bond motifs is 6. The molecular weight excluding hydrogens is 580 g/mol. The van der Waals surface area contributed by atoms with Gasteiger partial charge in [0.15, 0.2) is 0 Å². The molecule has 5 N–H and O–H groups in total. The highest BCUT2D eigenvalue weighted by molar-refractivity contribution is 6.20. The van der Waals surface area contributed by atoms with Gasteiger partial charge in [-0.05, 0) is 79.6 Å². The predicted octanol–water partition coefficient (Wildman–Crippen LogP) is 5.95. The lowest BCUT2D eigenvalue weighted by Gasteiger charge is -2.25. The largest absolute Gasteiger partial charge is 0.477 e. The van der Waals surface area contributed by atoms with Crippen molar-refractivity contribution in [3.05, 3.63) is 113 Å². The predicted molar refractivity (Wildman–Crippen MR) is 177 cm³/mol. The average Bonchev–Trinajstić information content (AvgIpc) is 3.59. The van der Waals surface area contributed by atoms with E-state index in [1.165, 1.54) is 0 Å². The number of carboxylic acid groups (broad SMARTS) is 1. The molecule has 4 aromatic carbocycles. The molecule has 0 aliphatic heterocycles. The van der Waals surface area contributed by atoms with Crippen LogP contribution in [0.25, 0.3) is 32.7 Å². The quantitative estimate of drug-likeness (QED) is 0.149. The van der Waals surface area contributed by atoms with Crippen LogP contribution in [0.1, 0.15) is 51.5 Å². The standard InChI is InChI=1S/C37H34N4O5/c1-21-19-29-33(32-24(34(38)42)12-8-16-28(32)41(29)18-17-22-9-3-2-4-10-22)30(20-21)46-36(37(44)45)40-35(43)25-13-7-15-27-31(25)23-11-5-6-14-26(23)39-27/h2-6,8-12,14,16,19-20,25,36,39H,7,13,15,17-18H2,1H3,(H2,38,42)(H,40,43)(H,44,45). The normalized spacial score (nSPS) is 15.1. The van der Waals surface area contributed by atoms with Gasteiger partial charge in [-0.15, -0.1) is 0 Å². The third-order valence-corrected chi connectivity index (χ3v) is 8.99. The number of primary amides is 1. The van der Waals surface area contributed by atoms with E-state index in [0.717, 1.165) is 63.6 Å². The van der Waals surface area contributed by atoms with Crippen LogP contribution < -0.4 is 15.8 Å². The number of nitrogens with two attached hydrogens (primary N) is 1. The topological polar surface area (TPSA) is 139 Å². The van der Waals surface area contributed by atoms with Crippen molar-refractivity contribution < 1.29 is 24.2 Å². The molecule has 2 amide bonds. The van der Waals surface area contributed by atoms with Crippen molar-refractivity contribution in [2.24, 2.45) is 5.73 Å². The van der Waals surface area contributed by atoms with Crippen LogP contribution >= 0.6 is 0 Å². The summed E-state index contributed by atoms with van der Waals surface area (Å²) in [6, 6.07) is 27.0. The van der Waals surface area contributed by atoms with Gasteiger partial charge in [0, 0.05) is 34.1 Å². The van der Waals surface area contributed by atoms with Crippen molar-refractivity contribution in [3.63, 3.8) is 0 Å². The monoisotopic (exact) mass is 614 g/mol. The molecule has 9 heteroatoms. The third-order valence-electron chi connectivity index (χ3n) is 8.99. The minimum Gasteiger partial charge on any atom is -0.477 e. The maximum absolute atomic E-state index is 13.8. The van der Waals surface area contributed by atoms with E-state index in [1.807, 2.05) is 61.5 Å². The van der Waals surface area contributed by atoms with Crippen LogP contribution in [0.3, 0.4) is 0 Å². The Kier molecular flexibility index (Phi) is 7.44. The Morgan fingerprint density at radius 2 is 1.78 bits per heavy atom. The zero-order valence-corrected chi connectivity index (χ0v) is 25.4. The number of ether oxygens (including phenoxy) is 1. The molecule has 2 atom stereocenters. The van der Waals surface area contributed by atoms with E-state index in [1.54, 1.807) is 18.2 Å². The summed E-state index contributed by atoms with van der Waals surface area (Å²) in [5.74, 6) is -2.62. The lowest BCUT2D eigenvalue weighted by Crippen LogP contribution is -2.47. The van der Waals surface area contributed by atoms with Gasteiger partial charge in [0.2, 0.25) is 11.8 Å². The number of carboxylic acids is 1. The van der Waals surface area contributed by atoms with Crippen LogP contribution in [-0.2, 0) is 29.0 Å². The Morgan fingerprint density at radius 1 is 1.00 bits per heavy atom. The average molecular weight is 615 g/mol. The number of rotatable bonds is 9. The first kappa shape index (κ1) is 29.2. The molecule has 6 aromatic rings. The van der Waals surface area contributed by atoms with E-state index >= 15 is 0 Å². The van der Waals surface area contributed by atoms with Gasteiger partial charge >= 0.3 is 5.97 Å². The summed E-state index contributed by atoms with van der Waals surface area (Å²) >= 11 is 0. The van der Waals surface area contributed by atoms with E-state index in [9.17, 15) is 19.5 Å². The van der Waals surface area contributed by atoms with Crippen molar-refractivity contribution in [1.29, 1.82) is 0 Å². The number of nitrogens with one attached hydrogen (secondary N) is 2. The number of nitrogens with zero attached hydrogens (tertiary/aromatic N) is 1. The fraction of sp³-hybridized carbons (Fsp3) is 0.216. The molecule has 9 nitrogen and oxygen atoms in total. The van der Waals surface area contributed by atoms with Gasteiger partial charge in [-0.3, -0.25) is 9.59 Å². The van der Waals surface area contributed by atoms with E-state index in [-0.39, 0.29) is 5.75 Å². The van der Waals surface area contributed by atoms with Crippen molar-refractivity contribution in [2.45, 2.75) is 51.3 Å². The number of aromatic nitrogens is 2. The molecule has 46 heavy (non-hydrogen) atoms. The first-order valence-electron chi connectivity index (χ1n) is 15.5. The Balaban J connectivity index is 1.28. The lowest BCUT2D eigenvalue weighted by atomic mass is 9.84. The summed E-state index contributed by atoms with van der Waals surface area (Å²) in [6.45, 7) is 2.50. The molecule has 0 fully saturated rings. The summed E-state index contributed by atoms with van der Waals surface area (Å²) in [5, 5.41) is 15.1. The number of hydrogen-bond donors (Lipinski definition) is 4. The highest BCUT2D eigenvalue weighted by Gasteiger charge is 2.33. The van der Waals surface area contributed by atoms with Gasteiger partial charge < -0.3 is 30.4 Å². The highest BCUT2D eigenvalue weighted by Crippen LogP contribution is 2.40. The van der Waals surface area contributed by atoms with Crippen LogP contribution in [-0.4, -0.2) is 38.7 Å². The summed E-state index contributed by atoms with van der Waals surface area (Å²) in [7, 11) is 0. The number of benzene rings is 4. The van der Waals surface area contributed by atoms with Crippen molar-refractivity contribution in [2.75, 3.05) is 0 Å². The van der Waals surface area contributed by atoms with Gasteiger partial charge in [-0.1, -0.05) is 54.6 Å². The number of carbonyl (C=O) groups excluding carboxylic acids is 2. The van der Waals surface area contributed by atoms with Crippen LogP contribution in [0.2, 0.25) is 0 Å². The second-order valence-electron chi connectivity index (χ2n) is 12.0. The zero-order valence-electron chi connectivity index (χ0n) is 25.4. The fourth-order valence-electron chi connectivity index (χ4n) is 6.98. The third kappa shape index (κ3) is 5.13. The first-order chi connectivity index (χ1) is 22.3. The molecule has 2 heterocycles. The molecule has 0 radical (unpaired) electrons. The second kappa shape index (κ2) is 11.7. The van der Waals surface area contributed by atoms with Gasteiger partial charge in [-0.2, -0.15) is 0 Å². The maximum Gasteiger partial charge on any atom is 0.366 e. The van der Waals surface area contributed by atoms with E-state index < -0.39 is 29.9 Å². The van der Waals surface area contributed by atoms with Gasteiger partial charge in [0.05, 0.1) is 22.3 Å². The SMILES string of the molecule is Cc1cc(OC(NC(=O)C2CCCc3[nH]c4ccccc4c32)C(=O)O)c2c3c(C(N)=O)cccc3n(CCc3ccccc3)c2c1. The summed E-state index contributed by atoms with van der Waals surface area (Å²) in [4.78, 5) is 42.5. The summed E-state index contributed by atoms with van der Waals surface area (Å²) in [6.07, 6.45) is 1.28. The number of H-pyrrole nitrogens is 1. The number of aryl methyl sites for hydroxylation is 4. The lowest BCUT2D eigenvalue weighted by molar-refractivity contribution is -0.149. The molecule has 0 spiro atoms. The number of para-hydroxylation sites is 1. The van der Waals surface area contributed by atoms with Gasteiger partial charge in [0.25, 0.3) is 6.23 Å². The Morgan fingerprint density at radius 3 is 2.57 bits per heavy atom. The molecule has 0 saturated carbocycles. The van der Waals surface area contributed by atoms with Crippen molar-refractivity contribution >= 4 is 50.5 Å².